The van der Waals surface area contributed by atoms with Gasteiger partial charge in [0.2, 0.25) is 11.8 Å². The van der Waals surface area contributed by atoms with E-state index in [1.165, 1.54) is 0 Å². The van der Waals surface area contributed by atoms with Crippen LogP contribution in [0.5, 0.6) is 0 Å². The quantitative estimate of drug-likeness (QED) is 0.266. The fraction of sp³-hybridized carbons (Fsp3) is 0.333. The van der Waals surface area contributed by atoms with Gasteiger partial charge in [0, 0.05) is 40.5 Å². The summed E-state index contributed by atoms with van der Waals surface area (Å²) in [4.78, 5) is 30.3. The van der Waals surface area contributed by atoms with E-state index in [-0.39, 0.29) is 17.9 Å². The molecule has 0 radical (unpaired) electrons. The van der Waals surface area contributed by atoms with Gasteiger partial charge in [0.1, 0.15) is 6.04 Å². The van der Waals surface area contributed by atoms with Gasteiger partial charge in [0.05, 0.1) is 0 Å². The molecule has 0 unspecified atom stereocenters. The van der Waals surface area contributed by atoms with Gasteiger partial charge in [-0.2, -0.15) is 0 Å². The summed E-state index contributed by atoms with van der Waals surface area (Å²) in [7, 11) is 0. The van der Waals surface area contributed by atoms with E-state index in [2.05, 4.69) is 33.4 Å². The zero-order valence-electron chi connectivity index (χ0n) is 20.4. The number of carbonyl (C=O) groups is 2. The molecular weight excluding hydrogens is 532 g/mol. The summed E-state index contributed by atoms with van der Waals surface area (Å²) in [6, 6.07) is 27.7. The van der Waals surface area contributed by atoms with Crippen molar-refractivity contribution in [3.05, 3.63) is 101 Å². The summed E-state index contributed by atoms with van der Waals surface area (Å²) in [5, 5.41) is 3.27. The lowest BCUT2D eigenvalue weighted by atomic mass is 10.0. The van der Waals surface area contributed by atoms with Crippen LogP contribution >= 0.6 is 27.7 Å². The molecule has 4 nitrogen and oxygen atoms in total. The van der Waals surface area contributed by atoms with Crippen molar-refractivity contribution in [2.24, 2.45) is 0 Å². The van der Waals surface area contributed by atoms with Gasteiger partial charge in [-0.15, -0.1) is 11.8 Å². The molecule has 3 aromatic carbocycles. The first-order valence-corrected chi connectivity index (χ1v) is 14.4. The molecule has 0 heterocycles. The molecule has 188 valence electrons. The van der Waals surface area contributed by atoms with Gasteiger partial charge >= 0.3 is 0 Å². The number of nitrogens with one attached hydrogen (secondary N) is 1. The minimum Gasteiger partial charge on any atom is -0.352 e. The predicted molar refractivity (Wildman–Crippen MR) is 151 cm³/mol. The number of thioether (sulfide) groups is 1. The molecule has 1 fully saturated rings. The molecule has 4 rings (SSSR count). The van der Waals surface area contributed by atoms with E-state index >= 15 is 0 Å². The van der Waals surface area contributed by atoms with Gasteiger partial charge in [-0.1, -0.05) is 89.4 Å². The highest BCUT2D eigenvalue weighted by Gasteiger charge is 2.32. The normalized spacial score (nSPS) is 14.4. The van der Waals surface area contributed by atoms with Gasteiger partial charge in [0.25, 0.3) is 0 Å². The Morgan fingerprint density at radius 3 is 2.28 bits per heavy atom. The van der Waals surface area contributed by atoms with E-state index < -0.39 is 6.04 Å². The molecule has 0 bridgehead atoms. The van der Waals surface area contributed by atoms with Crippen LogP contribution in [-0.4, -0.2) is 34.6 Å². The van der Waals surface area contributed by atoms with Crippen LogP contribution in [0.4, 0.5) is 0 Å². The molecule has 1 saturated carbocycles. The maximum Gasteiger partial charge on any atom is 0.243 e. The molecule has 0 aliphatic heterocycles. The lowest BCUT2D eigenvalue weighted by Crippen LogP contribution is -2.52. The monoisotopic (exact) mass is 564 g/mol. The summed E-state index contributed by atoms with van der Waals surface area (Å²) in [5.41, 5.74) is 2.05. The van der Waals surface area contributed by atoms with Gasteiger partial charge in [-0.05, 0) is 48.2 Å². The van der Waals surface area contributed by atoms with Crippen molar-refractivity contribution in [1.29, 1.82) is 0 Å². The van der Waals surface area contributed by atoms with Crippen LogP contribution in [0.2, 0.25) is 0 Å². The average Bonchev–Trinajstić information content (AvgIpc) is 3.40. The number of amides is 2. The van der Waals surface area contributed by atoms with Crippen LogP contribution in [-0.2, 0) is 22.6 Å². The smallest absolute Gasteiger partial charge is 0.243 e. The van der Waals surface area contributed by atoms with Crippen molar-refractivity contribution >= 4 is 39.5 Å². The SMILES string of the molecule is O=C(NC1CCCC1)[C@H](Cc1ccccc1)N(Cc1cccc(Br)c1)C(=O)CCSc1ccccc1. The number of carbonyl (C=O) groups excluding carboxylic acids is 2. The molecule has 0 saturated heterocycles. The van der Waals surface area contributed by atoms with Crippen molar-refractivity contribution in [2.75, 3.05) is 5.75 Å². The first kappa shape index (κ1) is 26.5. The van der Waals surface area contributed by atoms with Crippen LogP contribution in [0, 0.1) is 0 Å². The zero-order chi connectivity index (χ0) is 25.2. The third-order valence-electron chi connectivity index (χ3n) is 6.54. The molecule has 3 aromatic rings. The average molecular weight is 566 g/mol. The lowest BCUT2D eigenvalue weighted by Gasteiger charge is -2.32. The fourth-order valence-corrected chi connectivity index (χ4v) is 5.98. The largest absolute Gasteiger partial charge is 0.352 e. The fourth-order valence-electron chi connectivity index (χ4n) is 4.67. The summed E-state index contributed by atoms with van der Waals surface area (Å²) in [6.07, 6.45) is 5.17. The standard InChI is InChI=1S/C30H33BrN2O2S/c31-25-13-9-12-24(20-25)22-33(29(34)18-19-36-27-16-5-2-6-17-27)28(21-23-10-3-1-4-11-23)30(35)32-26-14-7-8-15-26/h1-6,9-13,16-17,20,26,28H,7-8,14-15,18-19,21-22H2,(H,32,35)/t28-/m0/s1. The summed E-state index contributed by atoms with van der Waals surface area (Å²) >= 11 is 5.22. The molecule has 1 aliphatic carbocycles. The molecule has 2 amide bonds. The van der Waals surface area contributed by atoms with Crippen LogP contribution in [0.3, 0.4) is 0 Å². The van der Waals surface area contributed by atoms with Crippen LogP contribution in [0.15, 0.2) is 94.3 Å². The summed E-state index contributed by atoms with van der Waals surface area (Å²) in [5.74, 6) is 0.617. The highest BCUT2D eigenvalue weighted by Crippen LogP contribution is 2.23. The van der Waals surface area contributed by atoms with E-state index in [0.29, 0.717) is 25.1 Å². The van der Waals surface area contributed by atoms with Gasteiger partial charge in [-0.3, -0.25) is 9.59 Å². The topological polar surface area (TPSA) is 49.4 Å². The van der Waals surface area contributed by atoms with Gasteiger partial charge in [-0.25, -0.2) is 0 Å². The van der Waals surface area contributed by atoms with E-state index in [4.69, 9.17) is 0 Å². The van der Waals surface area contributed by atoms with Crippen molar-refractivity contribution < 1.29 is 9.59 Å². The third-order valence-corrected chi connectivity index (χ3v) is 8.05. The van der Waals surface area contributed by atoms with Crippen LogP contribution in [0.25, 0.3) is 0 Å². The Bertz CT molecular complexity index is 1120. The van der Waals surface area contributed by atoms with Crippen molar-refractivity contribution in [3.8, 4) is 0 Å². The van der Waals surface area contributed by atoms with E-state index in [1.54, 1.807) is 16.7 Å². The Kier molecular flexibility index (Phi) is 10.1. The second-order valence-corrected chi connectivity index (χ2v) is 11.3. The number of hydrogen-bond acceptors (Lipinski definition) is 3. The minimum absolute atomic E-state index is 0.000842. The van der Waals surface area contributed by atoms with Crippen molar-refractivity contribution in [1.82, 2.24) is 10.2 Å². The number of rotatable bonds is 11. The van der Waals surface area contributed by atoms with Gasteiger partial charge < -0.3 is 10.2 Å². The third kappa shape index (κ3) is 7.97. The maximum absolute atomic E-state index is 13.7. The number of hydrogen-bond donors (Lipinski definition) is 1. The minimum atomic E-state index is -0.568. The molecule has 1 aliphatic rings. The van der Waals surface area contributed by atoms with E-state index in [0.717, 1.165) is 46.2 Å². The van der Waals surface area contributed by atoms with Crippen molar-refractivity contribution in [3.63, 3.8) is 0 Å². The Labute approximate surface area is 227 Å². The summed E-state index contributed by atoms with van der Waals surface area (Å²) in [6.45, 7) is 0.393. The van der Waals surface area contributed by atoms with Crippen molar-refractivity contribution in [2.45, 2.75) is 62.0 Å². The highest BCUT2D eigenvalue weighted by molar-refractivity contribution is 9.10. The molecule has 1 atom stereocenters. The zero-order valence-corrected chi connectivity index (χ0v) is 22.8. The number of halogens is 1. The Balaban J connectivity index is 1.56. The second kappa shape index (κ2) is 13.7. The van der Waals surface area contributed by atoms with E-state index in [1.807, 2.05) is 72.8 Å². The predicted octanol–water partition coefficient (Wildman–Crippen LogP) is 6.63. The number of benzene rings is 3. The maximum atomic E-state index is 13.7. The molecule has 36 heavy (non-hydrogen) atoms. The van der Waals surface area contributed by atoms with E-state index in [9.17, 15) is 9.59 Å². The molecule has 1 N–H and O–H groups in total. The first-order valence-electron chi connectivity index (χ1n) is 12.6. The molecule has 6 heteroatoms. The molecule has 0 spiro atoms. The Morgan fingerprint density at radius 1 is 0.917 bits per heavy atom. The molecule has 0 aromatic heterocycles. The second-order valence-electron chi connectivity index (χ2n) is 9.26. The van der Waals surface area contributed by atoms with Crippen LogP contribution < -0.4 is 5.32 Å². The van der Waals surface area contributed by atoms with Crippen LogP contribution in [0.1, 0.15) is 43.2 Å². The highest BCUT2D eigenvalue weighted by atomic mass is 79.9. The summed E-state index contributed by atoms with van der Waals surface area (Å²) < 4.78 is 0.960. The lowest BCUT2D eigenvalue weighted by molar-refractivity contribution is -0.141. The molecular formula is C30H33BrN2O2S. The Morgan fingerprint density at radius 2 is 1.58 bits per heavy atom. The Hall–Kier alpha value is -2.57. The number of nitrogens with zero attached hydrogens (tertiary/aromatic N) is 1. The first-order chi connectivity index (χ1) is 17.6. The van der Waals surface area contributed by atoms with Gasteiger partial charge in [0.15, 0.2) is 0 Å².